The number of aromatic hydroxyl groups is 1. The van der Waals surface area contributed by atoms with Crippen molar-refractivity contribution in [3.8, 4) is 17.2 Å². The molecule has 0 fully saturated rings. The summed E-state index contributed by atoms with van der Waals surface area (Å²) in [4.78, 5) is 13.5. The number of nitrogens with one attached hydrogen (secondary N) is 1. The summed E-state index contributed by atoms with van der Waals surface area (Å²) in [6.45, 7) is 1.78. The molecule has 138 valence electrons. The Kier molecular flexibility index (Phi) is 3.48. The number of thiocarbonyl (C=S) groups is 1. The molecule has 0 aromatic heterocycles. The number of phenolic OH excluding ortho intramolecular Hbond substituents is 1. The highest BCUT2D eigenvalue weighted by Gasteiger charge is 2.53. The van der Waals surface area contributed by atoms with E-state index in [9.17, 15) is 9.90 Å². The summed E-state index contributed by atoms with van der Waals surface area (Å²) >= 11 is 5.10. The SMILES string of the molecule is CC(=S)Nc1ccc2c(c1)C(=O)OC21c2ccccc2Oc2cc(O)ccc21. The highest BCUT2D eigenvalue weighted by Crippen LogP contribution is 2.56. The molecule has 1 unspecified atom stereocenters. The summed E-state index contributed by atoms with van der Waals surface area (Å²) in [7, 11) is 0. The zero-order valence-electron chi connectivity index (χ0n) is 14.9. The average Bonchev–Trinajstić information content (AvgIpc) is 2.94. The Morgan fingerprint density at radius 2 is 1.75 bits per heavy atom. The van der Waals surface area contributed by atoms with Crippen molar-refractivity contribution >= 4 is 28.9 Å². The van der Waals surface area contributed by atoms with E-state index < -0.39 is 11.6 Å². The molecule has 2 N–H and O–H groups in total. The van der Waals surface area contributed by atoms with E-state index in [1.54, 1.807) is 25.1 Å². The maximum atomic E-state index is 12.9. The zero-order valence-corrected chi connectivity index (χ0v) is 15.7. The minimum absolute atomic E-state index is 0.0776. The Bertz CT molecular complexity index is 1170. The fourth-order valence-electron chi connectivity index (χ4n) is 3.95. The number of ether oxygens (including phenoxy) is 2. The first kappa shape index (κ1) is 16.8. The fraction of sp³-hybridized carbons (Fsp3) is 0.0909. The molecule has 5 rings (SSSR count). The molecule has 2 aliphatic rings. The highest BCUT2D eigenvalue weighted by atomic mass is 32.1. The first-order valence-corrected chi connectivity index (χ1v) is 9.16. The number of carbonyl (C=O) groups is 1. The summed E-state index contributed by atoms with van der Waals surface area (Å²) in [5, 5.41) is 13.0. The van der Waals surface area contributed by atoms with E-state index in [0.717, 1.165) is 16.8 Å². The highest BCUT2D eigenvalue weighted by molar-refractivity contribution is 7.80. The normalized spacial score (nSPS) is 18.5. The molecule has 5 nitrogen and oxygen atoms in total. The van der Waals surface area contributed by atoms with Crippen LogP contribution in [0.4, 0.5) is 5.69 Å². The van der Waals surface area contributed by atoms with Gasteiger partial charge in [0.25, 0.3) is 0 Å². The molecular weight excluding hydrogens is 374 g/mol. The minimum Gasteiger partial charge on any atom is -0.508 e. The van der Waals surface area contributed by atoms with Crippen LogP contribution in [0, 0.1) is 0 Å². The van der Waals surface area contributed by atoms with Crippen LogP contribution >= 0.6 is 12.2 Å². The van der Waals surface area contributed by atoms with Crippen LogP contribution in [0.15, 0.2) is 60.7 Å². The van der Waals surface area contributed by atoms with Gasteiger partial charge >= 0.3 is 5.97 Å². The van der Waals surface area contributed by atoms with E-state index in [4.69, 9.17) is 21.7 Å². The molecular formula is C22H15NO4S. The van der Waals surface area contributed by atoms with Crippen LogP contribution in [0.3, 0.4) is 0 Å². The molecule has 0 amide bonds. The summed E-state index contributed by atoms with van der Waals surface area (Å²) < 4.78 is 12.0. The van der Waals surface area contributed by atoms with Crippen LogP contribution in [0.1, 0.15) is 34.0 Å². The molecule has 0 radical (unpaired) electrons. The molecule has 1 spiro atoms. The predicted molar refractivity (Wildman–Crippen MR) is 108 cm³/mol. The Balaban J connectivity index is 1.80. The molecule has 6 heteroatoms. The average molecular weight is 389 g/mol. The monoisotopic (exact) mass is 389 g/mol. The number of para-hydroxylation sites is 1. The largest absolute Gasteiger partial charge is 0.508 e. The van der Waals surface area contributed by atoms with Crippen LogP contribution in [0.2, 0.25) is 0 Å². The number of hydrogen-bond acceptors (Lipinski definition) is 5. The molecule has 0 saturated carbocycles. The van der Waals surface area contributed by atoms with Gasteiger partial charge in [0.2, 0.25) is 0 Å². The number of esters is 1. The number of benzene rings is 3. The van der Waals surface area contributed by atoms with E-state index in [-0.39, 0.29) is 5.75 Å². The van der Waals surface area contributed by atoms with E-state index in [0.29, 0.717) is 27.6 Å². The smallest absolute Gasteiger partial charge is 0.340 e. The number of anilines is 1. The van der Waals surface area contributed by atoms with Crippen molar-refractivity contribution in [2.24, 2.45) is 0 Å². The van der Waals surface area contributed by atoms with Crippen molar-refractivity contribution < 1.29 is 19.4 Å². The lowest BCUT2D eigenvalue weighted by atomic mass is 9.77. The number of hydrogen-bond donors (Lipinski definition) is 2. The van der Waals surface area contributed by atoms with Crippen LogP contribution in [-0.4, -0.2) is 16.1 Å². The molecule has 0 bridgehead atoms. The quantitative estimate of drug-likeness (QED) is 0.464. The summed E-state index contributed by atoms with van der Waals surface area (Å²) in [6, 6.07) is 17.8. The van der Waals surface area contributed by atoms with Gasteiger partial charge in [-0.3, -0.25) is 0 Å². The summed E-state index contributed by atoms with van der Waals surface area (Å²) in [5.74, 6) is 0.694. The van der Waals surface area contributed by atoms with Crippen molar-refractivity contribution in [1.82, 2.24) is 0 Å². The van der Waals surface area contributed by atoms with Gasteiger partial charge in [0.05, 0.1) is 10.6 Å². The lowest BCUT2D eigenvalue weighted by Crippen LogP contribution is -2.32. The summed E-state index contributed by atoms with van der Waals surface area (Å²) in [5.41, 5.74) is 2.21. The second kappa shape index (κ2) is 5.81. The van der Waals surface area contributed by atoms with E-state index in [2.05, 4.69) is 5.32 Å². The van der Waals surface area contributed by atoms with Gasteiger partial charge in [-0.2, -0.15) is 0 Å². The number of phenols is 1. The van der Waals surface area contributed by atoms with Crippen molar-refractivity contribution in [2.45, 2.75) is 12.5 Å². The number of fused-ring (bicyclic) bond motifs is 6. The Morgan fingerprint density at radius 3 is 2.57 bits per heavy atom. The maximum absolute atomic E-state index is 12.9. The lowest BCUT2D eigenvalue weighted by molar-refractivity contribution is 0.0224. The number of carbonyl (C=O) groups excluding carboxylic acids is 1. The van der Waals surface area contributed by atoms with Crippen LogP contribution in [-0.2, 0) is 10.3 Å². The standard InChI is InChI=1S/C22H15NO4S/c1-12(28)23-13-6-8-16-15(10-13)21(25)27-22(16)17-4-2-3-5-19(17)26-20-11-14(24)7-9-18(20)22/h2-11,24H,1H3,(H,23,28). The molecule has 2 aliphatic heterocycles. The molecule has 28 heavy (non-hydrogen) atoms. The van der Waals surface area contributed by atoms with Crippen molar-refractivity contribution in [2.75, 3.05) is 5.32 Å². The van der Waals surface area contributed by atoms with Crippen LogP contribution in [0.25, 0.3) is 0 Å². The third-order valence-corrected chi connectivity index (χ3v) is 5.12. The third-order valence-electron chi connectivity index (χ3n) is 5.02. The summed E-state index contributed by atoms with van der Waals surface area (Å²) in [6.07, 6.45) is 0. The molecule has 2 heterocycles. The van der Waals surface area contributed by atoms with E-state index >= 15 is 0 Å². The zero-order chi connectivity index (χ0) is 19.5. The van der Waals surface area contributed by atoms with Gasteiger partial charge < -0.3 is 19.9 Å². The van der Waals surface area contributed by atoms with Gasteiger partial charge in [0, 0.05) is 28.4 Å². The van der Waals surface area contributed by atoms with Crippen molar-refractivity contribution in [3.63, 3.8) is 0 Å². The predicted octanol–water partition coefficient (Wildman–Crippen LogP) is 4.72. The van der Waals surface area contributed by atoms with Gasteiger partial charge in [-0.05, 0) is 37.3 Å². The molecule has 0 saturated heterocycles. The lowest BCUT2D eigenvalue weighted by Gasteiger charge is -2.36. The topological polar surface area (TPSA) is 67.8 Å². The van der Waals surface area contributed by atoms with Gasteiger partial charge in [-0.1, -0.05) is 36.5 Å². The second-order valence-electron chi connectivity index (χ2n) is 6.79. The fourth-order valence-corrected chi connectivity index (χ4v) is 4.06. The van der Waals surface area contributed by atoms with E-state index in [1.807, 2.05) is 36.4 Å². The minimum atomic E-state index is -1.13. The third kappa shape index (κ3) is 2.25. The van der Waals surface area contributed by atoms with E-state index in [1.165, 1.54) is 6.07 Å². The number of rotatable bonds is 1. The Hall–Kier alpha value is -3.38. The van der Waals surface area contributed by atoms with Crippen molar-refractivity contribution in [3.05, 3.63) is 82.9 Å². The van der Waals surface area contributed by atoms with Gasteiger partial charge in [-0.15, -0.1) is 0 Å². The van der Waals surface area contributed by atoms with Gasteiger partial charge in [-0.25, -0.2) is 4.79 Å². The molecule has 3 aromatic carbocycles. The maximum Gasteiger partial charge on any atom is 0.340 e. The molecule has 1 atom stereocenters. The van der Waals surface area contributed by atoms with Crippen LogP contribution < -0.4 is 10.1 Å². The second-order valence-corrected chi connectivity index (χ2v) is 7.40. The molecule has 0 aliphatic carbocycles. The Morgan fingerprint density at radius 1 is 1.00 bits per heavy atom. The van der Waals surface area contributed by atoms with Gasteiger partial charge in [0.15, 0.2) is 5.60 Å². The first-order chi connectivity index (χ1) is 13.5. The van der Waals surface area contributed by atoms with Crippen LogP contribution in [0.5, 0.6) is 17.2 Å². The first-order valence-electron chi connectivity index (χ1n) is 8.75. The van der Waals surface area contributed by atoms with Gasteiger partial charge in [0.1, 0.15) is 17.2 Å². The Labute approximate surface area is 166 Å². The molecule has 3 aromatic rings. The van der Waals surface area contributed by atoms with Crippen molar-refractivity contribution in [1.29, 1.82) is 0 Å².